The minimum absolute atomic E-state index is 0.0115. The molecule has 1 unspecified atom stereocenters. The second-order valence-corrected chi connectivity index (χ2v) is 4.91. The zero-order chi connectivity index (χ0) is 15.2. The van der Waals surface area contributed by atoms with Gasteiger partial charge in [0.1, 0.15) is 11.6 Å². The van der Waals surface area contributed by atoms with Gasteiger partial charge < -0.3 is 15.2 Å². The van der Waals surface area contributed by atoms with E-state index in [2.05, 4.69) is 5.32 Å². The highest BCUT2D eigenvalue weighted by Gasteiger charge is 2.15. The number of aliphatic hydroxyl groups excluding tert-OH is 1. The zero-order valence-electron chi connectivity index (χ0n) is 12.2. The normalized spacial score (nSPS) is 13.7. The van der Waals surface area contributed by atoms with Gasteiger partial charge >= 0.3 is 0 Å². The Labute approximate surface area is 124 Å². The maximum Gasteiger partial charge on any atom is 0.129 e. The van der Waals surface area contributed by atoms with Crippen molar-refractivity contribution in [2.75, 3.05) is 13.7 Å². The van der Waals surface area contributed by atoms with E-state index in [9.17, 15) is 9.50 Å². The maximum absolute atomic E-state index is 13.6. The van der Waals surface area contributed by atoms with Gasteiger partial charge in [0, 0.05) is 23.7 Å². The van der Waals surface area contributed by atoms with E-state index in [-0.39, 0.29) is 12.6 Å². The van der Waals surface area contributed by atoms with Gasteiger partial charge in [-0.15, -0.1) is 0 Å². The van der Waals surface area contributed by atoms with Gasteiger partial charge in [-0.05, 0) is 19.1 Å². The monoisotopic (exact) mass is 289 g/mol. The summed E-state index contributed by atoms with van der Waals surface area (Å²) in [6, 6.07) is 13.9. The summed E-state index contributed by atoms with van der Waals surface area (Å²) in [6.07, 6.45) is -0.886. The predicted octanol–water partition coefficient (Wildman–Crippen LogP) is 3.22. The van der Waals surface area contributed by atoms with Crippen LogP contribution in [0, 0.1) is 5.82 Å². The lowest BCUT2D eigenvalue weighted by Gasteiger charge is -2.19. The Bertz CT molecular complexity index is 589. The third-order valence-electron chi connectivity index (χ3n) is 3.49. The number of hydrogen-bond acceptors (Lipinski definition) is 3. The first-order chi connectivity index (χ1) is 10.1. The van der Waals surface area contributed by atoms with Crippen LogP contribution < -0.4 is 10.1 Å². The lowest BCUT2D eigenvalue weighted by Crippen LogP contribution is -2.25. The largest absolute Gasteiger partial charge is 0.496 e. The molecule has 2 rings (SSSR count). The Morgan fingerprint density at radius 1 is 1.10 bits per heavy atom. The molecule has 0 spiro atoms. The lowest BCUT2D eigenvalue weighted by molar-refractivity contribution is 0.166. The van der Waals surface area contributed by atoms with Crippen LogP contribution in [0.4, 0.5) is 4.39 Å². The minimum atomic E-state index is -0.886. The molecule has 0 radical (unpaired) electrons. The molecule has 0 aliphatic rings. The topological polar surface area (TPSA) is 41.5 Å². The molecule has 112 valence electrons. The van der Waals surface area contributed by atoms with Crippen molar-refractivity contribution in [1.82, 2.24) is 5.32 Å². The first kappa shape index (κ1) is 15.5. The number of nitrogens with one attached hydrogen (secondary N) is 1. The van der Waals surface area contributed by atoms with Crippen LogP contribution in [0.25, 0.3) is 0 Å². The van der Waals surface area contributed by atoms with Crippen LogP contribution in [-0.2, 0) is 0 Å². The molecule has 0 saturated heterocycles. The Morgan fingerprint density at radius 2 is 1.71 bits per heavy atom. The van der Waals surface area contributed by atoms with Crippen LogP contribution in [0.2, 0.25) is 0 Å². The van der Waals surface area contributed by atoms with Crippen LogP contribution in [0.1, 0.15) is 30.2 Å². The number of rotatable bonds is 6. The molecule has 0 aromatic heterocycles. The standard InChI is InChI=1S/C17H20FNO2/c1-12(13-7-4-6-10-17(13)21-2)19-11-16(20)14-8-3-5-9-15(14)18/h3-10,12,16,19-20H,11H2,1-2H3/t12-,16?/m0/s1. The predicted molar refractivity (Wildman–Crippen MR) is 80.8 cm³/mol. The molecule has 0 heterocycles. The van der Waals surface area contributed by atoms with E-state index in [0.29, 0.717) is 5.56 Å². The molecular weight excluding hydrogens is 269 g/mol. The number of ether oxygens (including phenoxy) is 1. The summed E-state index contributed by atoms with van der Waals surface area (Å²) in [7, 11) is 1.62. The van der Waals surface area contributed by atoms with Gasteiger partial charge in [0.05, 0.1) is 13.2 Å². The summed E-state index contributed by atoms with van der Waals surface area (Å²) in [5.41, 5.74) is 1.30. The second kappa shape index (κ2) is 7.20. The van der Waals surface area contributed by atoms with Crippen LogP contribution >= 0.6 is 0 Å². The number of methoxy groups -OCH3 is 1. The fourth-order valence-electron chi connectivity index (χ4n) is 2.28. The summed E-state index contributed by atoms with van der Waals surface area (Å²) in [5.74, 6) is 0.398. The Balaban J connectivity index is 2.01. The van der Waals surface area contributed by atoms with Crippen molar-refractivity contribution in [3.63, 3.8) is 0 Å². The fraction of sp³-hybridized carbons (Fsp3) is 0.294. The Hall–Kier alpha value is -1.91. The van der Waals surface area contributed by atoms with Gasteiger partial charge in [0.15, 0.2) is 0 Å². The number of benzene rings is 2. The molecular formula is C17H20FNO2. The van der Waals surface area contributed by atoms with E-state index < -0.39 is 11.9 Å². The average molecular weight is 289 g/mol. The second-order valence-electron chi connectivity index (χ2n) is 4.91. The number of hydrogen-bond donors (Lipinski definition) is 2. The van der Waals surface area contributed by atoms with Crippen LogP contribution in [0.5, 0.6) is 5.75 Å². The Morgan fingerprint density at radius 3 is 2.38 bits per heavy atom. The third kappa shape index (κ3) is 3.80. The molecule has 0 fully saturated rings. The minimum Gasteiger partial charge on any atom is -0.496 e. The molecule has 21 heavy (non-hydrogen) atoms. The molecule has 2 atom stereocenters. The van der Waals surface area contributed by atoms with E-state index in [1.807, 2.05) is 31.2 Å². The highest BCUT2D eigenvalue weighted by molar-refractivity contribution is 5.35. The van der Waals surface area contributed by atoms with Gasteiger partial charge in [0.2, 0.25) is 0 Å². The quantitative estimate of drug-likeness (QED) is 0.858. The number of para-hydroxylation sites is 1. The van der Waals surface area contributed by atoms with Crippen molar-refractivity contribution < 1.29 is 14.2 Å². The highest BCUT2D eigenvalue weighted by atomic mass is 19.1. The molecule has 4 heteroatoms. The Kier molecular flexibility index (Phi) is 5.31. The van der Waals surface area contributed by atoms with Crippen LogP contribution in [-0.4, -0.2) is 18.8 Å². The molecule has 0 aliphatic carbocycles. The van der Waals surface area contributed by atoms with E-state index in [0.717, 1.165) is 11.3 Å². The fourth-order valence-corrected chi connectivity index (χ4v) is 2.28. The van der Waals surface area contributed by atoms with Crippen molar-refractivity contribution in [1.29, 1.82) is 0 Å². The zero-order valence-corrected chi connectivity index (χ0v) is 12.2. The van der Waals surface area contributed by atoms with Crippen molar-refractivity contribution in [2.24, 2.45) is 0 Å². The van der Waals surface area contributed by atoms with E-state index in [4.69, 9.17) is 4.74 Å². The number of aliphatic hydroxyl groups is 1. The van der Waals surface area contributed by atoms with Gasteiger partial charge in [-0.25, -0.2) is 4.39 Å². The van der Waals surface area contributed by atoms with Crippen LogP contribution in [0.15, 0.2) is 48.5 Å². The molecule has 2 aromatic rings. The molecule has 3 nitrogen and oxygen atoms in total. The van der Waals surface area contributed by atoms with E-state index >= 15 is 0 Å². The van der Waals surface area contributed by atoms with E-state index in [1.165, 1.54) is 6.07 Å². The molecule has 0 aliphatic heterocycles. The van der Waals surface area contributed by atoms with Crippen molar-refractivity contribution >= 4 is 0 Å². The summed E-state index contributed by atoms with van der Waals surface area (Å²) >= 11 is 0. The molecule has 2 N–H and O–H groups in total. The smallest absolute Gasteiger partial charge is 0.129 e. The van der Waals surface area contributed by atoms with Gasteiger partial charge in [0.25, 0.3) is 0 Å². The van der Waals surface area contributed by atoms with Gasteiger partial charge in [-0.1, -0.05) is 36.4 Å². The van der Waals surface area contributed by atoms with Crippen molar-refractivity contribution in [3.05, 3.63) is 65.5 Å². The first-order valence-electron chi connectivity index (χ1n) is 6.92. The third-order valence-corrected chi connectivity index (χ3v) is 3.49. The first-order valence-corrected chi connectivity index (χ1v) is 6.92. The highest BCUT2D eigenvalue weighted by Crippen LogP contribution is 2.25. The molecule has 0 bridgehead atoms. The summed E-state index contributed by atoms with van der Waals surface area (Å²) in [4.78, 5) is 0. The van der Waals surface area contributed by atoms with Crippen LogP contribution in [0.3, 0.4) is 0 Å². The summed E-state index contributed by atoms with van der Waals surface area (Å²) in [6.45, 7) is 2.24. The SMILES string of the molecule is COc1ccccc1[C@H](C)NCC(O)c1ccccc1F. The average Bonchev–Trinajstić information content (AvgIpc) is 2.52. The number of halogens is 1. The molecule has 0 saturated carbocycles. The van der Waals surface area contributed by atoms with Crippen molar-refractivity contribution in [2.45, 2.75) is 19.1 Å². The van der Waals surface area contributed by atoms with Gasteiger partial charge in [-0.3, -0.25) is 0 Å². The summed E-state index contributed by atoms with van der Waals surface area (Å²) < 4.78 is 18.9. The van der Waals surface area contributed by atoms with E-state index in [1.54, 1.807) is 25.3 Å². The van der Waals surface area contributed by atoms with Gasteiger partial charge in [-0.2, -0.15) is 0 Å². The van der Waals surface area contributed by atoms with Crippen molar-refractivity contribution in [3.8, 4) is 5.75 Å². The molecule has 0 amide bonds. The lowest BCUT2D eigenvalue weighted by atomic mass is 10.1. The maximum atomic E-state index is 13.6. The summed E-state index contributed by atoms with van der Waals surface area (Å²) in [5, 5.41) is 13.3. The molecule has 2 aromatic carbocycles.